The van der Waals surface area contributed by atoms with Crippen LogP contribution in [0.3, 0.4) is 0 Å². The van der Waals surface area contributed by atoms with Gasteiger partial charge in [0, 0.05) is 23.8 Å². The molecule has 0 aromatic carbocycles. The molecule has 1 aliphatic heterocycles. The van der Waals surface area contributed by atoms with Gasteiger partial charge in [-0.1, -0.05) is 11.6 Å². The van der Waals surface area contributed by atoms with Crippen molar-refractivity contribution in [2.75, 3.05) is 19.6 Å². The van der Waals surface area contributed by atoms with E-state index >= 15 is 0 Å². The average molecular weight is 351 g/mol. The molecule has 0 radical (unpaired) electrons. The zero-order valence-corrected chi connectivity index (χ0v) is 14.5. The van der Waals surface area contributed by atoms with Crippen molar-refractivity contribution < 1.29 is 4.79 Å². The van der Waals surface area contributed by atoms with Crippen LogP contribution in [0.15, 0.2) is 24.0 Å². The Morgan fingerprint density at radius 2 is 2.43 bits per heavy atom. The zero-order chi connectivity index (χ0) is 16.2. The van der Waals surface area contributed by atoms with Crippen LogP contribution >= 0.6 is 22.9 Å². The Bertz CT molecular complexity index is 684. The molecule has 0 spiro atoms. The molecule has 1 fully saturated rings. The molecule has 1 N–H and O–H groups in total. The molecule has 3 rings (SSSR count). The molecule has 2 aromatic heterocycles. The van der Waals surface area contributed by atoms with E-state index in [2.05, 4.69) is 15.3 Å². The quantitative estimate of drug-likeness (QED) is 0.900. The maximum atomic E-state index is 13.0. The van der Waals surface area contributed by atoms with Gasteiger partial charge in [0.15, 0.2) is 0 Å². The minimum absolute atomic E-state index is 0.0444. The summed E-state index contributed by atoms with van der Waals surface area (Å²) in [4.78, 5) is 24.2. The summed E-state index contributed by atoms with van der Waals surface area (Å²) in [6, 6.07) is 1.68. The molecular formula is C16H19ClN4OS. The molecule has 0 aliphatic carbocycles. The second-order valence-corrected chi connectivity index (χ2v) is 7.11. The minimum atomic E-state index is -0.0444. The van der Waals surface area contributed by atoms with Gasteiger partial charge in [0.25, 0.3) is 5.91 Å². The van der Waals surface area contributed by atoms with Gasteiger partial charge in [-0.15, -0.1) is 11.3 Å². The lowest BCUT2D eigenvalue weighted by atomic mass is 10.1. The summed E-state index contributed by atoms with van der Waals surface area (Å²) in [5.41, 5.74) is 3.32. The van der Waals surface area contributed by atoms with Crippen molar-refractivity contribution in [3.8, 4) is 0 Å². The fraction of sp³-hybridized carbons (Fsp3) is 0.438. The molecule has 1 aliphatic rings. The monoisotopic (exact) mass is 350 g/mol. The molecule has 7 heteroatoms. The number of amides is 1. The SMILES string of the molecule is Cc1ncsc1CN(C[C@H]1CCNC1)C(=O)c1ccncc1Cl. The van der Waals surface area contributed by atoms with Crippen molar-refractivity contribution in [2.45, 2.75) is 19.9 Å². The molecule has 0 saturated carbocycles. The number of nitrogens with zero attached hydrogens (tertiary/aromatic N) is 3. The lowest BCUT2D eigenvalue weighted by molar-refractivity contribution is 0.0720. The van der Waals surface area contributed by atoms with E-state index in [1.54, 1.807) is 23.6 Å². The van der Waals surface area contributed by atoms with Crippen LogP contribution in [0.4, 0.5) is 0 Å². The van der Waals surface area contributed by atoms with Crippen LogP contribution in [0, 0.1) is 12.8 Å². The fourth-order valence-corrected chi connectivity index (χ4v) is 3.76. The lowest BCUT2D eigenvalue weighted by Gasteiger charge is -2.25. The lowest BCUT2D eigenvalue weighted by Crippen LogP contribution is -2.35. The Balaban J connectivity index is 1.83. The molecule has 1 saturated heterocycles. The standard InChI is InChI=1S/C16H19ClN4OS/c1-11-15(23-10-20-11)9-21(8-12-2-4-18-6-12)16(22)13-3-5-19-7-14(13)17/h3,5,7,10,12,18H,2,4,6,8-9H2,1H3/t12-/m0/s1. The van der Waals surface area contributed by atoms with E-state index < -0.39 is 0 Å². The third kappa shape index (κ3) is 3.88. The number of hydrogen-bond acceptors (Lipinski definition) is 5. The second-order valence-electron chi connectivity index (χ2n) is 5.76. The second kappa shape index (κ2) is 7.38. The van der Waals surface area contributed by atoms with E-state index in [1.165, 1.54) is 6.20 Å². The molecule has 122 valence electrons. The number of halogens is 1. The first kappa shape index (κ1) is 16.4. The summed E-state index contributed by atoms with van der Waals surface area (Å²) >= 11 is 7.75. The molecule has 5 nitrogen and oxygen atoms in total. The summed E-state index contributed by atoms with van der Waals surface area (Å²) < 4.78 is 0. The number of carbonyl (C=O) groups excluding carboxylic acids is 1. The van der Waals surface area contributed by atoms with E-state index in [-0.39, 0.29) is 5.91 Å². The Kier molecular flexibility index (Phi) is 5.25. The number of rotatable bonds is 5. The van der Waals surface area contributed by atoms with Gasteiger partial charge in [-0.3, -0.25) is 9.78 Å². The number of aryl methyl sites for hydroxylation is 1. The Hall–Kier alpha value is -1.50. The number of carbonyl (C=O) groups is 1. The van der Waals surface area contributed by atoms with Crippen LogP contribution < -0.4 is 5.32 Å². The minimum Gasteiger partial charge on any atom is -0.333 e. The molecular weight excluding hydrogens is 332 g/mol. The van der Waals surface area contributed by atoms with Crippen molar-refractivity contribution in [2.24, 2.45) is 5.92 Å². The normalized spacial score (nSPS) is 17.4. The highest BCUT2D eigenvalue weighted by atomic mass is 35.5. The number of nitrogens with one attached hydrogen (secondary N) is 1. The number of hydrogen-bond donors (Lipinski definition) is 1. The summed E-state index contributed by atoms with van der Waals surface area (Å²) in [7, 11) is 0. The molecule has 0 bridgehead atoms. The smallest absolute Gasteiger partial charge is 0.255 e. The molecule has 1 atom stereocenters. The van der Waals surface area contributed by atoms with Crippen LogP contribution in [0.25, 0.3) is 0 Å². The first-order chi connectivity index (χ1) is 11.1. The number of pyridine rings is 1. The van der Waals surface area contributed by atoms with Crippen LogP contribution in [-0.2, 0) is 6.54 Å². The number of aromatic nitrogens is 2. The van der Waals surface area contributed by atoms with Gasteiger partial charge in [-0.2, -0.15) is 0 Å². The van der Waals surface area contributed by atoms with Gasteiger partial charge in [0.1, 0.15) is 0 Å². The predicted octanol–water partition coefficient (Wildman–Crippen LogP) is 2.75. The maximum absolute atomic E-state index is 13.0. The highest BCUT2D eigenvalue weighted by molar-refractivity contribution is 7.09. The Morgan fingerprint density at radius 1 is 1.57 bits per heavy atom. The first-order valence-electron chi connectivity index (χ1n) is 7.63. The van der Waals surface area contributed by atoms with E-state index in [4.69, 9.17) is 11.6 Å². The first-order valence-corrected chi connectivity index (χ1v) is 8.89. The number of thiazole rings is 1. The van der Waals surface area contributed by atoms with Crippen LogP contribution in [0.2, 0.25) is 5.02 Å². The molecule has 3 heterocycles. The average Bonchev–Trinajstić information content (AvgIpc) is 3.19. The van der Waals surface area contributed by atoms with Crippen molar-refractivity contribution in [1.82, 2.24) is 20.2 Å². The van der Waals surface area contributed by atoms with Crippen molar-refractivity contribution in [3.63, 3.8) is 0 Å². The van der Waals surface area contributed by atoms with Crippen LogP contribution in [0.5, 0.6) is 0 Å². The third-order valence-corrected chi connectivity index (χ3v) is 5.33. The largest absolute Gasteiger partial charge is 0.333 e. The summed E-state index contributed by atoms with van der Waals surface area (Å²) in [5, 5.41) is 3.75. The van der Waals surface area contributed by atoms with Crippen molar-refractivity contribution in [3.05, 3.63) is 45.1 Å². The summed E-state index contributed by atoms with van der Waals surface area (Å²) in [6.07, 6.45) is 4.21. The van der Waals surface area contributed by atoms with Gasteiger partial charge in [-0.05, 0) is 38.4 Å². The van der Waals surface area contributed by atoms with Gasteiger partial charge < -0.3 is 10.2 Å². The van der Waals surface area contributed by atoms with Crippen LogP contribution in [-0.4, -0.2) is 40.4 Å². The Morgan fingerprint density at radius 3 is 3.09 bits per heavy atom. The summed E-state index contributed by atoms with van der Waals surface area (Å²) in [5.74, 6) is 0.435. The maximum Gasteiger partial charge on any atom is 0.255 e. The predicted molar refractivity (Wildman–Crippen MR) is 91.8 cm³/mol. The topological polar surface area (TPSA) is 58.1 Å². The van der Waals surface area contributed by atoms with E-state index in [9.17, 15) is 4.79 Å². The molecule has 0 unspecified atom stereocenters. The highest BCUT2D eigenvalue weighted by Crippen LogP contribution is 2.22. The Labute approximate surface area is 144 Å². The molecule has 2 aromatic rings. The van der Waals surface area contributed by atoms with E-state index in [1.807, 2.05) is 17.3 Å². The van der Waals surface area contributed by atoms with Gasteiger partial charge in [0.2, 0.25) is 0 Å². The summed E-state index contributed by atoms with van der Waals surface area (Å²) in [6.45, 7) is 5.25. The van der Waals surface area contributed by atoms with Gasteiger partial charge >= 0.3 is 0 Å². The van der Waals surface area contributed by atoms with Crippen molar-refractivity contribution >= 4 is 28.8 Å². The highest BCUT2D eigenvalue weighted by Gasteiger charge is 2.25. The third-order valence-electron chi connectivity index (χ3n) is 4.11. The van der Waals surface area contributed by atoms with Crippen LogP contribution in [0.1, 0.15) is 27.3 Å². The fourth-order valence-electron chi connectivity index (χ4n) is 2.77. The van der Waals surface area contributed by atoms with Crippen molar-refractivity contribution in [1.29, 1.82) is 0 Å². The van der Waals surface area contributed by atoms with Gasteiger partial charge in [0.05, 0.1) is 28.3 Å². The van der Waals surface area contributed by atoms with Gasteiger partial charge in [-0.25, -0.2) is 4.98 Å². The van der Waals surface area contributed by atoms with E-state index in [0.717, 1.165) is 36.6 Å². The van der Waals surface area contributed by atoms with E-state index in [0.29, 0.717) is 23.0 Å². The zero-order valence-electron chi connectivity index (χ0n) is 13.0. The molecule has 23 heavy (non-hydrogen) atoms. The molecule has 1 amide bonds.